The van der Waals surface area contributed by atoms with Crippen LogP contribution in [0.4, 0.5) is 13.2 Å². The maximum absolute atomic E-state index is 12.2. The van der Waals surface area contributed by atoms with Crippen LogP contribution in [-0.4, -0.2) is 29.2 Å². The minimum Gasteiger partial charge on any atom is -0.481 e. The van der Waals surface area contributed by atoms with Gasteiger partial charge in [-0.25, -0.2) is 0 Å². The minimum atomic E-state index is -4.56. The third-order valence-corrected chi connectivity index (χ3v) is 2.32. The van der Waals surface area contributed by atoms with Crippen molar-refractivity contribution in [1.82, 2.24) is 5.32 Å². The first kappa shape index (κ1) is 16.5. The van der Waals surface area contributed by atoms with Crippen molar-refractivity contribution in [2.75, 3.05) is 0 Å². The van der Waals surface area contributed by atoms with E-state index in [1.807, 2.05) is 0 Å². The molecule has 7 heteroatoms. The van der Waals surface area contributed by atoms with E-state index >= 15 is 0 Å². The van der Waals surface area contributed by atoms with Gasteiger partial charge in [-0.2, -0.15) is 13.2 Å². The average molecular weight is 267 g/mol. The minimum absolute atomic E-state index is 0.190. The van der Waals surface area contributed by atoms with Crippen molar-refractivity contribution in [2.24, 2.45) is 5.92 Å². The Morgan fingerprint density at radius 2 is 1.83 bits per heavy atom. The van der Waals surface area contributed by atoms with Gasteiger partial charge in [-0.1, -0.05) is 13.8 Å². The van der Waals surface area contributed by atoms with Crippen LogP contribution in [-0.2, 0) is 9.59 Å². The predicted molar refractivity (Wildman–Crippen MR) is 58.8 cm³/mol. The second kappa shape index (κ2) is 6.42. The summed E-state index contributed by atoms with van der Waals surface area (Å²) in [5, 5.41) is 10.9. The van der Waals surface area contributed by atoms with E-state index in [9.17, 15) is 22.8 Å². The zero-order valence-electron chi connectivity index (χ0n) is 10.3. The zero-order valence-corrected chi connectivity index (χ0v) is 10.3. The molecule has 1 amide bonds. The van der Waals surface area contributed by atoms with Gasteiger partial charge in [0.15, 0.2) is 0 Å². The lowest BCUT2D eigenvalue weighted by atomic mass is 10.0. The van der Waals surface area contributed by atoms with Crippen molar-refractivity contribution < 1.29 is 27.9 Å². The van der Waals surface area contributed by atoms with Crippen LogP contribution in [0, 0.1) is 5.92 Å². The van der Waals surface area contributed by atoms with Gasteiger partial charge in [-0.3, -0.25) is 9.59 Å². The molecule has 18 heavy (non-hydrogen) atoms. The summed E-state index contributed by atoms with van der Waals surface area (Å²) < 4.78 is 36.5. The summed E-state index contributed by atoms with van der Waals surface area (Å²) in [5.41, 5.74) is -1.03. The molecule has 0 saturated carbocycles. The van der Waals surface area contributed by atoms with Gasteiger partial charge in [-0.05, 0) is 12.8 Å². The number of aliphatic carboxylic acids is 1. The third kappa shape index (κ3) is 6.27. The summed E-state index contributed by atoms with van der Waals surface area (Å²) in [5.74, 6) is -2.25. The van der Waals surface area contributed by atoms with Gasteiger partial charge < -0.3 is 10.4 Å². The Hall–Kier alpha value is -1.53. The molecule has 0 aliphatic heterocycles. The van der Waals surface area contributed by atoms with E-state index < -0.39 is 29.7 Å². The number of carbonyl (C=O) groups is 2. The molecule has 0 bridgehead atoms. The molecule has 0 spiro atoms. The number of nitrogens with one attached hydrogen (secondary N) is 1. The highest BCUT2D eigenvalue weighted by Crippen LogP contribution is 2.24. The van der Waals surface area contributed by atoms with Crippen LogP contribution in [0.25, 0.3) is 0 Å². The molecule has 104 valence electrons. The normalized spacial score (nSPS) is 14.5. The molecule has 0 aliphatic carbocycles. The van der Waals surface area contributed by atoms with Crippen molar-refractivity contribution in [3.8, 4) is 0 Å². The molecule has 0 fully saturated rings. The van der Waals surface area contributed by atoms with E-state index in [0.29, 0.717) is 6.08 Å². The molecule has 4 nitrogen and oxygen atoms in total. The van der Waals surface area contributed by atoms with Crippen LogP contribution >= 0.6 is 0 Å². The lowest BCUT2D eigenvalue weighted by Gasteiger charge is -2.20. The molecular weight excluding hydrogens is 251 g/mol. The van der Waals surface area contributed by atoms with E-state index in [1.165, 1.54) is 0 Å². The molecular formula is C11H16F3NO3. The first-order valence-corrected chi connectivity index (χ1v) is 5.31. The highest BCUT2D eigenvalue weighted by molar-refractivity contribution is 5.88. The van der Waals surface area contributed by atoms with E-state index in [2.05, 4.69) is 5.32 Å². The van der Waals surface area contributed by atoms with Crippen molar-refractivity contribution in [2.45, 2.75) is 39.4 Å². The average Bonchev–Trinajstić information content (AvgIpc) is 2.13. The number of rotatable bonds is 5. The summed E-state index contributed by atoms with van der Waals surface area (Å²) in [6, 6.07) is -0.702. The van der Waals surface area contributed by atoms with Crippen molar-refractivity contribution in [3.05, 3.63) is 11.6 Å². The Labute approximate surface area is 103 Å². The highest BCUT2D eigenvalue weighted by atomic mass is 19.4. The number of hydrogen-bond acceptors (Lipinski definition) is 2. The van der Waals surface area contributed by atoms with Crippen LogP contribution < -0.4 is 5.32 Å². The quantitative estimate of drug-likeness (QED) is 0.750. The van der Waals surface area contributed by atoms with Crippen molar-refractivity contribution >= 4 is 11.9 Å². The van der Waals surface area contributed by atoms with Crippen LogP contribution in [0.2, 0.25) is 0 Å². The number of carbonyl (C=O) groups excluding carboxylic acids is 1. The first-order chi connectivity index (χ1) is 8.04. The molecule has 0 heterocycles. The fourth-order valence-electron chi connectivity index (χ4n) is 1.14. The molecule has 0 aliphatic rings. The summed E-state index contributed by atoms with van der Waals surface area (Å²) in [7, 11) is 0. The smallest absolute Gasteiger partial charge is 0.412 e. The number of carboxylic acids is 1. The Morgan fingerprint density at radius 3 is 2.17 bits per heavy atom. The predicted octanol–water partition coefficient (Wildman–Crippen LogP) is 2.11. The Bertz CT molecular complexity index is 348. The van der Waals surface area contributed by atoms with Gasteiger partial charge >= 0.3 is 12.1 Å². The number of carboxylic acid groups (broad SMARTS) is 1. The molecule has 0 aromatic rings. The largest absolute Gasteiger partial charge is 0.481 e. The van der Waals surface area contributed by atoms with Gasteiger partial charge in [0.1, 0.15) is 0 Å². The van der Waals surface area contributed by atoms with Gasteiger partial charge in [0.2, 0.25) is 5.91 Å². The maximum atomic E-state index is 12.2. The van der Waals surface area contributed by atoms with E-state index in [-0.39, 0.29) is 12.3 Å². The first-order valence-electron chi connectivity index (χ1n) is 5.31. The second-order valence-electron chi connectivity index (χ2n) is 4.28. The van der Waals surface area contributed by atoms with Gasteiger partial charge in [0.25, 0.3) is 0 Å². The van der Waals surface area contributed by atoms with E-state index in [0.717, 1.165) is 6.92 Å². The lowest BCUT2D eigenvalue weighted by molar-refractivity contribution is -0.138. The number of amides is 1. The number of halogens is 3. The Balaban J connectivity index is 4.67. The van der Waals surface area contributed by atoms with Crippen LogP contribution in [0.3, 0.4) is 0 Å². The van der Waals surface area contributed by atoms with Crippen LogP contribution in [0.5, 0.6) is 0 Å². The second-order valence-corrected chi connectivity index (χ2v) is 4.28. The summed E-state index contributed by atoms with van der Waals surface area (Å²) in [6.45, 7) is 4.13. The van der Waals surface area contributed by atoms with E-state index in [1.54, 1.807) is 13.8 Å². The van der Waals surface area contributed by atoms with Gasteiger partial charge in [0, 0.05) is 17.7 Å². The molecule has 0 saturated heterocycles. The van der Waals surface area contributed by atoms with Gasteiger partial charge in [0.05, 0.1) is 6.42 Å². The third-order valence-electron chi connectivity index (χ3n) is 2.32. The molecule has 0 radical (unpaired) electrons. The number of alkyl halides is 3. The van der Waals surface area contributed by atoms with Crippen molar-refractivity contribution in [3.63, 3.8) is 0 Å². The molecule has 1 atom stereocenters. The summed E-state index contributed by atoms with van der Waals surface area (Å²) >= 11 is 0. The number of allylic oxidation sites excluding steroid dienone is 1. The van der Waals surface area contributed by atoms with E-state index in [4.69, 9.17) is 5.11 Å². The molecule has 0 aromatic carbocycles. The standard InChI is InChI=1S/C11H16F3NO3/c1-6(2)8(5-10(17)18)15-9(16)4-7(3)11(12,13)14/h4,6,8H,5H2,1-3H3,(H,15,16)(H,17,18)/b7-4+. The number of hydrogen-bond donors (Lipinski definition) is 2. The molecule has 1 unspecified atom stereocenters. The topological polar surface area (TPSA) is 66.4 Å². The fourth-order valence-corrected chi connectivity index (χ4v) is 1.14. The summed E-state index contributed by atoms with van der Waals surface area (Å²) in [4.78, 5) is 21.8. The van der Waals surface area contributed by atoms with Crippen LogP contribution in [0.15, 0.2) is 11.6 Å². The fraction of sp³-hybridized carbons (Fsp3) is 0.636. The monoisotopic (exact) mass is 267 g/mol. The highest BCUT2D eigenvalue weighted by Gasteiger charge is 2.30. The van der Waals surface area contributed by atoms with Gasteiger partial charge in [-0.15, -0.1) is 0 Å². The Morgan fingerprint density at radius 1 is 1.33 bits per heavy atom. The molecule has 0 rings (SSSR count). The van der Waals surface area contributed by atoms with Crippen molar-refractivity contribution in [1.29, 1.82) is 0 Å². The maximum Gasteiger partial charge on any atom is 0.412 e. The van der Waals surface area contributed by atoms with Crippen LogP contribution in [0.1, 0.15) is 27.2 Å². The lowest BCUT2D eigenvalue weighted by Crippen LogP contribution is -2.39. The zero-order chi connectivity index (χ0) is 14.5. The Kier molecular flexibility index (Phi) is 5.87. The molecule has 2 N–H and O–H groups in total. The SMILES string of the molecule is C/C(=C\C(=O)NC(CC(=O)O)C(C)C)C(F)(F)F. The molecule has 0 aromatic heterocycles. The summed E-state index contributed by atoms with van der Waals surface area (Å²) in [6.07, 6.45) is -4.46.